The zero-order valence-corrected chi connectivity index (χ0v) is 14.6. The van der Waals surface area contributed by atoms with Crippen molar-refractivity contribution in [2.45, 2.75) is 0 Å². The Hall–Kier alpha value is -3.88. The summed E-state index contributed by atoms with van der Waals surface area (Å²) in [5.74, 6) is -2.44. The third-order valence-corrected chi connectivity index (χ3v) is 3.81. The smallest absolute Gasteiger partial charge is 0.329 e. The van der Waals surface area contributed by atoms with E-state index in [1.54, 1.807) is 30.3 Å². The van der Waals surface area contributed by atoms with E-state index >= 15 is 0 Å². The molecular formula is C19H15FN2O6. The highest BCUT2D eigenvalue weighted by Crippen LogP contribution is 2.32. The molecule has 1 fully saturated rings. The van der Waals surface area contributed by atoms with Crippen molar-refractivity contribution < 1.29 is 33.4 Å². The summed E-state index contributed by atoms with van der Waals surface area (Å²) >= 11 is 0. The molecule has 8 nitrogen and oxygen atoms in total. The Morgan fingerprint density at radius 1 is 1.21 bits per heavy atom. The van der Waals surface area contributed by atoms with E-state index in [4.69, 9.17) is 14.6 Å². The van der Waals surface area contributed by atoms with Crippen molar-refractivity contribution in [3.63, 3.8) is 0 Å². The van der Waals surface area contributed by atoms with Crippen LogP contribution in [-0.4, -0.2) is 41.6 Å². The second-order valence-electron chi connectivity index (χ2n) is 5.71. The number of benzene rings is 2. The number of carboxylic acids is 1. The minimum absolute atomic E-state index is 0.101. The quantitative estimate of drug-likeness (QED) is 0.584. The number of imide groups is 1. The first kappa shape index (κ1) is 18.9. The number of aliphatic carboxylic acids is 1. The number of methoxy groups -OCH3 is 1. The van der Waals surface area contributed by atoms with Gasteiger partial charge >= 0.3 is 12.0 Å². The van der Waals surface area contributed by atoms with E-state index in [1.807, 2.05) is 0 Å². The van der Waals surface area contributed by atoms with E-state index in [0.29, 0.717) is 10.6 Å². The van der Waals surface area contributed by atoms with Gasteiger partial charge in [0.15, 0.2) is 11.6 Å². The number of nitrogens with zero attached hydrogens (tertiary/aromatic N) is 1. The number of carbonyl (C=O) groups is 3. The average molecular weight is 386 g/mol. The van der Waals surface area contributed by atoms with Crippen LogP contribution in [-0.2, 0) is 9.59 Å². The minimum Gasteiger partial charge on any atom is -0.496 e. The Labute approximate surface area is 158 Å². The number of hydrogen-bond acceptors (Lipinski definition) is 5. The van der Waals surface area contributed by atoms with Crippen LogP contribution in [0.1, 0.15) is 5.56 Å². The van der Waals surface area contributed by atoms with Crippen LogP contribution in [0.3, 0.4) is 0 Å². The second-order valence-corrected chi connectivity index (χ2v) is 5.71. The van der Waals surface area contributed by atoms with Gasteiger partial charge in [-0.1, -0.05) is 18.2 Å². The number of halogens is 1. The molecule has 0 atom stereocenters. The van der Waals surface area contributed by atoms with E-state index in [2.05, 4.69) is 5.32 Å². The van der Waals surface area contributed by atoms with Crippen molar-refractivity contribution in [1.29, 1.82) is 0 Å². The fraction of sp³-hybridized carbons (Fsp3) is 0.105. The zero-order chi connectivity index (χ0) is 20.3. The van der Waals surface area contributed by atoms with Gasteiger partial charge in [0, 0.05) is 11.6 Å². The van der Waals surface area contributed by atoms with Gasteiger partial charge in [0.05, 0.1) is 7.11 Å². The number of ether oxygens (including phenoxy) is 2. The van der Waals surface area contributed by atoms with E-state index in [9.17, 15) is 18.8 Å². The molecule has 3 amide bonds. The Morgan fingerprint density at radius 2 is 1.93 bits per heavy atom. The Kier molecular flexibility index (Phi) is 5.25. The maximum absolute atomic E-state index is 14.3. The van der Waals surface area contributed by atoms with Gasteiger partial charge in [-0.25, -0.2) is 14.1 Å². The normalized spacial score (nSPS) is 14.9. The van der Waals surface area contributed by atoms with Crippen molar-refractivity contribution in [3.8, 4) is 17.2 Å². The Balaban J connectivity index is 1.96. The van der Waals surface area contributed by atoms with E-state index in [0.717, 1.165) is 6.07 Å². The molecule has 28 heavy (non-hydrogen) atoms. The zero-order valence-electron chi connectivity index (χ0n) is 14.6. The van der Waals surface area contributed by atoms with Crippen LogP contribution < -0.4 is 14.8 Å². The fourth-order valence-corrected chi connectivity index (χ4v) is 2.54. The average Bonchev–Trinajstić information content (AvgIpc) is 2.92. The Bertz CT molecular complexity index is 974. The SMILES string of the molecule is COc1cc(F)c(Oc2ccccc2)cc1/C=C1/NC(=O)N(CC(=O)O)C1=O. The van der Waals surface area contributed by atoms with Gasteiger partial charge in [-0.2, -0.15) is 0 Å². The molecule has 3 rings (SSSR count). The molecule has 1 heterocycles. The molecule has 2 aromatic carbocycles. The summed E-state index contributed by atoms with van der Waals surface area (Å²) in [5.41, 5.74) is 0.0949. The third-order valence-electron chi connectivity index (χ3n) is 3.81. The summed E-state index contributed by atoms with van der Waals surface area (Å²) < 4.78 is 25.0. The van der Waals surface area contributed by atoms with Crippen LogP contribution in [0.5, 0.6) is 17.2 Å². The van der Waals surface area contributed by atoms with Gasteiger partial charge in [0.1, 0.15) is 23.7 Å². The lowest BCUT2D eigenvalue weighted by Crippen LogP contribution is -2.35. The molecule has 144 valence electrons. The van der Waals surface area contributed by atoms with Crippen molar-refractivity contribution >= 4 is 24.0 Å². The van der Waals surface area contributed by atoms with E-state index < -0.39 is 30.3 Å². The summed E-state index contributed by atoms with van der Waals surface area (Å²) in [4.78, 5) is 35.4. The number of urea groups is 1. The maximum atomic E-state index is 14.3. The van der Waals surface area contributed by atoms with Crippen molar-refractivity contribution in [2.75, 3.05) is 13.7 Å². The molecule has 0 aromatic heterocycles. The first-order chi connectivity index (χ1) is 13.4. The molecule has 9 heteroatoms. The molecule has 1 aliphatic heterocycles. The molecule has 2 aromatic rings. The first-order valence-electron chi connectivity index (χ1n) is 8.06. The predicted molar refractivity (Wildman–Crippen MR) is 95.3 cm³/mol. The highest BCUT2D eigenvalue weighted by molar-refractivity contribution is 6.15. The molecule has 2 N–H and O–H groups in total. The molecule has 0 saturated carbocycles. The number of carbonyl (C=O) groups excluding carboxylic acids is 2. The molecule has 0 spiro atoms. The summed E-state index contributed by atoms with van der Waals surface area (Å²) in [6, 6.07) is 10.1. The van der Waals surface area contributed by atoms with Crippen LogP contribution in [0.25, 0.3) is 6.08 Å². The molecular weight excluding hydrogens is 371 g/mol. The molecule has 0 radical (unpaired) electrons. The number of hydrogen-bond donors (Lipinski definition) is 2. The summed E-state index contributed by atoms with van der Waals surface area (Å²) in [6.07, 6.45) is 1.26. The van der Waals surface area contributed by atoms with Gasteiger partial charge in [0.25, 0.3) is 5.91 Å². The van der Waals surface area contributed by atoms with Crippen LogP contribution in [0, 0.1) is 5.82 Å². The maximum Gasteiger partial charge on any atom is 0.329 e. The minimum atomic E-state index is -1.33. The van der Waals surface area contributed by atoms with Gasteiger partial charge in [-0.3, -0.25) is 9.59 Å². The highest BCUT2D eigenvalue weighted by atomic mass is 19.1. The first-order valence-corrected chi connectivity index (χ1v) is 8.06. The number of rotatable bonds is 6. The molecule has 1 saturated heterocycles. The topological polar surface area (TPSA) is 105 Å². The summed E-state index contributed by atoms with van der Waals surface area (Å²) in [6.45, 7) is -0.773. The van der Waals surface area contributed by atoms with Crippen LogP contribution in [0.2, 0.25) is 0 Å². The molecule has 0 bridgehead atoms. The number of carboxylic acid groups (broad SMARTS) is 1. The van der Waals surface area contributed by atoms with E-state index in [-0.39, 0.29) is 22.8 Å². The number of nitrogens with one attached hydrogen (secondary N) is 1. The van der Waals surface area contributed by atoms with Crippen molar-refractivity contribution in [1.82, 2.24) is 10.2 Å². The third kappa shape index (κ3) is 3.93. The van der Waals surface area contributed by atoms with Crippen LogP contribution in [0.4, 0.5) is 9.18 Å². The standard InChI is InChI=1S/C19H15FN2O6/c1-27-15-9-13(20)16(28-12-5-3-2-4-6-12)8-11(15)7-14-18(25)22(10-17(23)24)19(26)21-14/h2-9H,10H2,1H3,(H,21,26)(H,23,24)/b14-7+. The number of para-hydroxylation sites is 1. The highest BCUT2D eigenvalue weighted by Gasteiger charge is 2.35. The van der Waals surface area contributed by atoms with Gasteiger partial charge in [-0.15, -0.1) is 0 Å². The van der Waals surface area contributed by atoms with Gasteiger partial charge < -0.3 is 19.9 Å². The van der Waals surface area contributed by atoms with E-state index in [1.165, 1.54) is 19.3 Å². The molecule has 1 aliphatic rings. The molecule has 0 unspecified atom stereocenters. The summed E-state index contributed by atoms with van der Waals surface area (Å²) in [5, 5.41) is 11.1. The lowest BCUT2D eigenvalue weighted by atomic mass is 10.1. The second kappa shape index (κ2) is 7.78. The van der Waals surface area contributed by atoms with Crippen LogP contribution in [0.15, 0.2) is 48.2 Å². The van der Waals surface area contributed by atoms with Crippen LogP contribution >= 0.6 is 0 Å². The fourth-order valence-electron chi connectivity index (χ4n) is 2.54. The molecule has 0 aliphatic carbocycles. The van der Waals surface area contributed by atoms with Gasteiger partial charge in [0.2, 0.25) is 0 Å². The largest absolute Gasteiger partial charge is 0.496 e. The van der Waals surface area contributed by atoms with Crippen molar-refractivity contribution in [3.05, 3.63) is 59.5 Å². The lowest BCUT2D eigenvalue weighted by molar-refractivity contribution is -0.140. The van der Waals surface area contributed by atoms with Gasteiger partial charge in [-0.05, 0) is 24.3 Å². The lowest BCUT2D eigenvalue weighted by Gasteiger charge is -2.11. The Morgan fingerprint density at radius 3 is 2.57 bits per heavy atom. The van der Waals surface area contributed by atoms with Crippen molar-refractivity contribution in [2.24, 2.45) is 0 Å². The summed E-state index contributed by atoms with van der Waals surface area (Å²) in [7, 11) is 1.32. The number of amides is 3. The monoisotopic (exact) mass is 386 g/mol. The predicted octanol–water partition coefficient (Wildman–Crippen LogP) is 2.60.